The smallest absolute Gasteiger partial charge is 0.258 e. The number of amides is 1. The Labute approximate surface area is 109 Å². The van der Waals surface area contributed by atoms with E-state index >= 15 is 0 Å². The van der Waals surface area contributed by atoms with Gasteiger partial charge < -0.3 is 15.4 Å². The molecule has 1 amide bonds. The summed E-state index contributed by atoms with van der Waals surface area (Å²) in [6, 6.07) is 4.19. The molecule has 0 radical (unpaired) electrons. The highest BCUT2D eigenvalue weighted by molar-refractivity contribution is 6.33. The molecule has 1 heterocycles. The molecular formula is C12H14ClFN2O2. The van der Waals surface area contributed by atoms with E-state index in [1.165, 1.54) is 23.1 Å². The molecule has 1 aliphatic heterocycles. The fourth-order valence-electron chi connectivity index (χ4n) is 1.91. The van der Waals surface area contributed by atoms with Crippen LogP contribution in [0, 0.1) is 5.82 Å². The molecule has 1 atom stereocenters. The summed E-state index contributed by atoms with van der Waals surface area (Å²) in [6.45, 7) is 1.51. The number of rotatable bonds is 2. The summed E-state index contributed by atoms with van der Waals surface area (Å²) in [4.78, 5) is 13.7. The zero-order valence-corrected chi connectivity index (χ0v) is 10.5. The van der Waals surface area contributed by atoms with Gasteiger partial charge in [0.05, 0.1) is 23.3 Å². The fourth-order valence-corrected chi connectivity index (χ4v) is 2.15. The Bertz CT molecular complexity index is 435. The van der Waals surface area contributed by atoms with Crippen molar-refractivity contribution in [1.82, 2.24) is 4.90 Å². The van der Waals surface area contributed by atoms with E-state index in [2.05, 4.69) is 0 Å². The second kappa shape index (κ2) is 5.65. The van der Waals surface area contributed by atoms with Crippen molar-refractivity contribution in [2.24, 2.45) is 5.73 Å². The van der Waals surface area contributed by atoms with Crippen LogP contribution in [0.5, 0.6) is 0 Å². The summed E-state index contributed by atoms with van der Waals surface area (Å²) in [7, 11) is 0. The summed E-state index contributed by atoms with van der Waals surface area (Å²) >= 11 is 5.87. The van der Waals surface area contributed by atoms with Gasteiger partial charge in [-0.05, 0) is 12.1 Å². The molecule has 4 nitrogen and oxygen atoms in total. The summed E-state index contributed by atoms with van der Waals surface area (Å²) in [5.74, 6) is -1.02. The van der Waals surface area contributed by atoms with Crippen LogP contribution in [0.1, 0.15) is 10.4 Å². The van der Waals surface area contributed by atoms with E-state index in [1.54, 1.807) is 0 Å². The van der Waals surface area contributed by atoms with Crippen LogP contribution in [-0.2, 0) is 4.74 Å². The van der Waals surface area contributed by atoms with Crippen molar-refractivity contribution in [2.45, 2.75) is 6.10 Å². The Hall–Kier alpha value is -1.17. The molecule has 0 spiro atoms. The first-order chi connectivity index (χ1) is 8.63. The molecule has 1 saturated heterocycles. The molecule has 1 fully saturated rings. The zero-order chi connectivity index (χ0) is 13.1. The lowest BCUT2D eigenvalue weighted by Crippen LogP contribution is -2.48. The van der Waals surface area contributed by atoms with Crippen LogP contribution in [0.2, 0.25) is 5.02 Å². The third kappa shape index (κ3) is 2.63. The van der Waals surface area contributed by atoms with Crippen LogP contribution < -0.4 is 5.73 Å². The molecular weight excluding hydrogens is 259 g/mol. The number of hydrogen-bond acceptors (Lipinski definition) is 3. The number of ether oxygens (including phenoxy) is 1. The second-order valence-corrected chi connectivity index (χ2v) is 4.48. The fraction of sp³-hybridized carbons (Fsp3) is 0.417. The largest absolute Gasteiger partial charge is 0.373 e. The van der Waals surface area contributed by atoms with Gasteiger partial charge in [0.2, 0.25) is 0 Å². The topological polar surface area (TPSA) is 55.6 Å². The third-order valence-electron chi connectivity index (χ3n) is 2.87. The van der Waals surface area contributed by atoms with E-state index in [9.17, 15) is 9.18 Å². The van der Waals surface area contributed by atoms with Gasteiger partial charge >= 0.3 is 0 Å². The van der Waals surface area contributed by atoms with Crippen LogP contribution in [0.15, 0.2) is 18.2 Å². The zero-order valence-electron chi connectivity index (χ0n) is 9.73. The van der Waals surface area contributed by atoms with Gasteiger partial charge in [0.15, 0.2) is 0 Å². The molecule has 6 heteroatoms. The molecule has 0 bridgehead atoms. The van der Waals surface area contributed by atoms with Crippen molar-refractivity contribution in [3.8, 4) is 0 Å². The Balaban J connectivity index is 2.20. The summed E-state index contributed by atoms with van der Waals surface area (Å²) in [5.41, 5.74) is 5.41. The summed E-state index contributed by atoms with van der Waals surface area (Å²) < 4.78 is 19.0. The van der Waals surface area contributed by atoms with Crippen LogP contribution in [-0.4, -0.2) is 43.2 Å². The lowest BCUT2D eigenvalue weighted by molar-refractivity contribution is -0.0169. The SMILES string of the molecule is NCC1CN(C(=O)c2c(F)cccc2Cl)CCO1. The van der Waals surface area contributed by atoms with Crippen molar-refractivity contribution >= 4 is 17.5 Å². The normalized spacial score (nSPS) is 19.9. The quantitative estimate of drug-likeness (QED) is 0.882. The first-order valence-corrected chi connectivity index (χ1v) is 6.06. The molecule has 98 valence electrons. The Morgan fingerprint density at radius 1 is 1.61 bits per heavy atom. The standard InChI is InChI=1S/C12H14ClFN2O2/c13-9-2-1-3-10(14)11(9)12(17)16-4-5-18-8(6-15)7-16/h1-3,8H,4-7,15H2. The molecule has 0 saturated carbocycles. The maximum absolute atomic E-state index is 13.6. The minimum atomic E-state index is -0.608. The van der Waals surface area contributed by atoms with Crippen molar-refractivity contribution in [1.29, 1.82) is 0 Å². The predicted octanol–water partition coefficient (Wildman–Crippen LogP) is 1.28. The van der Waals surface area contributed by atoms with E-state index in [0.717, 1.165) is 0 Å². The van der Waals surface area contributed by atoms with E-state index in [4.69, 9.17) is 22.1 Å². The molecule has 1 aliphatic rings. The van der Waals surface area contributed by atoms with Crippen molar-refractivity contribution in [3.05, 3.63) is 34.6 Å². The van der Waals surface area contributed by atoms with E-state index < -0.39 is 11.7 Å². The number of nitrogens with two attached hydrogens (primary N) is 1. The number of hydrogen-bond donors (Lipinski definition) is 1. The van der Waals surface area contributed by atoms with Crippen molar-refractivity contribution in [2.75, 3.05) is 26.2 Å². The molecule has 2 N–H and O–H groups in total. The van der Waals surface area contributed by atoms with Gasteiger partial charge in [0.1, 0.15) is 5.82 Å². The Morgan fingerprint density at radius 2 is 2.39 bits per heavy atom. The Kier molecular flexibility index (Phi) is 4.16. The molecule has 2 rings (SSSR count). The number of benzene rings is 1. The van der Waals surface area contributed by atoms with Gasteiger partial charge in [0, 0.05) is 19.6 Å². The van der Waals surface area contributed by atoms with Crippen molar-refractivity contribution in [3.63, 3.8) is 0 Å². The summed E-state index contributed by atoms with van der Waals surface area (Å²) in [5, 5.41) is 0.121. The highest BCUT2D eigenvalue weighted by Gasteiger charge is 2.27. The monoisotopic (exact) mass is 272 g/mol. The van der Waals surface area contributed by atoms with E-state index in [0.29, 0.717) is 26.2 Å². The highest BCUT2D eigenvalue weighted by atomic mass is 35.5. The average molecular weight is 273 g/mol. The number of morpholine rings is 1. The number of carbonyl (C=O) groups excluding carboxylic acids is 1. The molecule has 1 aromatic rings. The lowest BCUT2D eigenvalue weighted by atomic mass is 10.1. The molecule has 0 aromatic heterocycles. The molecule has 1 unspecified atom stereocenters. The minimum absolute atomic E-state index is 0.0863. The van der Waals surface area contributed by atoms with Gasteiger partial charge in [-0.3, -0.25) is 4.79 Å². The number of nitrogens with zero attached hydrogens (tertiary/aromatic N) is 1. The van der Waals surface area contributed by atoms with Gasteiger partial charge in [0.25, 0.3) is 5.91 Å². The molecule has 18 heavy (non-hydrogen) atoms. The third-order valence-corrected chi connectivity index (χ3v) is 3.18. The van der Waals surface area contributed by atoms with E-state index in [1.807, 2.05) is 0 Å². The predicted molar refractivity (Wildman–Crippen MR) is 66.1 cm³/mol. The maximum Gasteiger partial charge on any atom is 0.258 e. The van der Waals surface area contributed by atoms with Gasteiger partial charge in [-0.15, -0.1) is 0 Å². The van der Waals surface area contributed by atoms with Crippen LogP contribution in [0.25, 0.3) is 0 Å². The van der Waals surface area contributed by atoms with E-state index in [-0.39, 0.29) is 16.7 Å². The van der Waals surface area contributed by atoms with Gasteiger partial charge in [-0.1, -0.05) is 17.7 Å². The highest BCUT2D eigenvalue weighted by Crippen LogP contribution is 2.21. The second-order valence-electron chi connectivity index (χ2n) is 4.08. The number of carbonyl (C=O) groups is 1. The first-order valence-electron chi connectivity index (χ1n) is 5.68. The van der Waals surface area contributed by atoms with Gasteiger partial charge in [-0.2, -0.15) is 0 Å². The van der Waals surface area contributed by atoms with Crippen LogP contribution in [0.4, 0.5) is 4.39 Å². The molecule has 1 aromatic carbocycles. The van der Waals surface area contributed by atoms with Crippen LogP contribution in [0.3, 0.4) is 0 Å². The Morgan fingerprint density at radius 3 is 3.06 bits per heavy atom. The van der Waals surface area contributed by atoms with Gasteiger partial charge in [-0.25, -0.2) is 4.39 Å². The first kappa shape index (κ1) is 13.3. The van der Waals surface area contributed by atoms with Crippen molar-refractivity contribution < 1.29 is 13.9 Å². The summed E-state index contributed by atoms with van der Waals surface area (Å²) in [6.07, 6.45) is -0.201. The lowest BCUT2D eigenvalue weighted by Gasteiger charge is -2.32. The van der Waals surface area contributed by atoms with Crippen LogP contribution >= 0.6 is 11.6 Å². The maximum atomic E-state index is 13.6. The number of halogens is 2. The average Bonchev–Trinajstić information content (AvgIpc) is 2.38. The molecule has 0 aliphatic carbocycles. The minimum Gasteiger partial charge on any atom is -0.373 e.